The normalized spacial score (nSPS) is 14.4. The van der Waals surface area contributed by atoms with Gasteiger partial charge in [0.25, 0.3) is 11.8 Å². The van der Waals surface area contributed by atoms with Crippen LogP contribution in [0.3, 0.4) is 0 Å². The fraction of sp³-hybridized carbons (Fsp3) is 0.478. The number of carbonyl (C=O) groups is 4. The lowest BCUT2D eigenvalue weighted by Gasteiger charge is -2.36. The third-order valence-electron chi connectivity index (χ3n) is 4.38. The first-order valence-electron chi connectivity index (χ1n) is 9.75. The van der Waals surface area contributed by atoms with Crippen molar-refractivity contribution in [1.82, 2.24) is 4.90 Å². The van der Waals surface area contributed by atoms with Crippen molar-refractivity contribution in [3.63, 3.8) is 0 Å². The van der Waals surface area contributed by atoms with Gasteiger partial charge < -0.3 is 9.47 Å². The first kappa shape index (κ1) is 23.3. The molecule has 0 N–H and O–H groups in total. The van der Waals surface area contributed by atoms with Crippen LogP contribution in [0, 0.1) is 5.41 Å². The molecule has 1 aliphatic heterocycles. The Balaban J connectivity index is 2.53. The van der Waals surface area contributed by atoms with Crippen molar-refractivity contribution in [2.24, 2.45) is 5.41 Å². The Morgan fingerprint density at radius 1 is 0.900 bits per heavy atom. The van der Waals surface area contributed by atoms with Gasteiger partial charge in [-0.15, -0.1) is 6.58 Å². The van der Waals surface area contributed by atoms with E-state index in [9.17, 15) is 19.2 Å². The average Bonchev–Trinajstić information content (AvgIpc) is 2.83. The summed E-state index contributed by atoms with van der Waals surface area (Å²) in [6.07, 6.45) is 1.22. The quantitative estimate of drug-likeness (QED) is 0.306. The van der Waals surface area contributed by atoms with Crippen molar-refractivity contribution >= 4 is 23.8 Å². The number of hydrogen-bond donors (Lipinski definition) is 0. The SMILES string of the molecule is C=CCC(CN1C(=O)c2ccccc2C1=O)(C(=O)OC(C)(C)C)C(=O)OC(C)(C)C. The molecule has 0 saturated carbocycles. The lowest BCUT2D eigenvalue weighted by Crippen LogP contribution is -2.54. The number of allylic oxidation sites excluding steroid dienone is 1. The van der Waals surface area contributed by atoms with Crippen LogP contribution in [0.1, 0.15) is 68.7 Å². The fourth-order valence-electron chi connectivity index (χ4n) is 3.09. The van der Waals surface area contributed by atoms with Crippen molar-refractivity contribution in [2.75, 3.05) is 6.54 Å². The molecule has 7 nitrogen and oxygen atoms in total. The number of esters is 2. The predicted molar refractivity (Wildman–Crippen MR) is 111 cm³/mol. The minimum absolute atomic E-state index is 0.162. The van der Waals surface area contributed by atoms with E-state index in [1.54, 1.807) is 53.7 Å². The smallest absolute Gasteiger partial charge is 0.326 e. The molecular weight excluding hydrogens is 386 g/mol. The summed E-state index contributed by atoms with van der Waals surface area (Å²) in [6, 6.07) is 6.36. The van der Waals surface area contributed by atoms with Crippen LogP contribution in [0.15, 0.2) is 36.9 Å². The molecule has 0 bridgehead atoms. The van der Waals surface area contributed by atoms with Gasteiger partial charge >= 0.3 is 11.9 Å². The number of carbonyl (C=O) groups excluding carboxylic acids is 4. The molecule has 1 heterocycles. The van der Waals surface area contributed by atoms with Crippen molar-refractivity contribution in [3.8, 4) is 0 Å². The molecule has 1 aromatic carbocycles. The number of rotatable bonds is 6. The van der Waals surface area contributed by atoms with E-state index < -0.39 is 46.9 Å². The minimum Gasteiger partial charge on any atom is -0.459 e. The zero-order chi connectivity index (χ0) is 22.9. The summed E-state index contributed by atoms with van der Waals surface area (Å²) in [4.78, 5) is 53.2. The molecule has 7 heteroatoms. The lowest BCUT2D eigenvalue weighted by molar-refractivity contribution is -0.185. The Labute approximate surface area is 177 Å². The van der Waals surface area contributed by atoms with Crippen LogP contribution >= 0.6 is 0 Å². The summed E-state index contributed by atoms with van der Waals surface area (Å²) in [7, 11) is 0. The highest BCUT2D eigenvalue weighted by molar-refractivity contribution is 6.21. The number of benzene rings is 1. The van der Waals surface area contributed by atoms with E-state index in [0.29, 0.717) is 0 Å². The number of imide groups is 1. The molecule has 0 aromatic heterocycles. The fourth-order valence-corrected chi connectivity index (χ4v) is 3.09. The first-order chi connectivity index (χ1) is 13.7. The van der Waals surface area contributed by atoms with Crippen LogP contribution in [0.4, 0.5) is 0 Å². The molecule has 2 rings (SSSR count). The van der Waals surface area contributed by atoms with Gasteiger partial charge in [-0.2, -0.15) is 0 Å². The Morgan fingerprint density at radius 2 is 1.30 bits per heavy atom. The highest BCUT2D eigenvalue weighted by atomic mass is 16.6. The molecule has 2 amide bonds. The van der Waals surface area contributed by atoms with E-state index >= 15 is 0 Å². The van der Waals surface area contributed by atoms with Crippen molar-refractivity contribution in [3.05, 3.63) is 48.0 Å². The molecular formula is C23H29NO6. The summed E-state index contributed by atoms with van der Waals surface area (Å²) in [5, 5.41) is 0. The maximum atomic E-state index is 13.3. The molecule has 162 valence electrons. The summed E-state index contributed by atoms with van der Waals surface area (Å²) in [5.74, 6) is -2.89. The maximum absolute atomic E-state index is 13.3. The van der Waals surface area contributed by atoms with Crippen LogP contribution in [-0.2, 0) is 19.1 Å². The van der Waals surface area contributed by atoms with Crippen LogP contribution < -0.4 is 0 Å². The van der Waals surface area contributed by atoms with E-state index in [-0.39, 0.29) is 17.5 Å². The molecule has 0 radical (unpaired) electrons. The Kier molecular flexibility index (Phi) is 6.26. The Morgan fingerprint density at radius 3 is 1.63 bits per heavy atom. The van der Waals surface area contributed by atoms with Crippen molar-refractivity contribution < 1.29 is 28.7 Å². The van der Waals surface area contributed by atoms with E-state index in [0.717, 1.165) is 4.90 Å². The largest absolute Gasteiger partial charge is 0.459 e. The summed E-state index contributed by atoms with van der Waals surface area (Å²) in [5.41, 5.74) is -3.27. The van der Waals surface area contributed by atoms with Crippen LogP contribution in [0.2, 0.25) is 0 Å². The molecule has 1 aliphatic rings. The van der Waals surface area contributed by atoms with Crippen molar-refractivity contribution in [1.29, 1.82) is 0 Å². The monoisotopic (exact) mass is 415 g/mol. The number of nitrogens with zero attached hydrogens (tertiary/aromatic N) is 1. The number of fused-ring (bicyclic) bond motifs is 1. The van der Waals surface area contributed by atoms with Gasteiger partial charge in [-0.25, -0.2) is 0 Å². The zero-order valence-corrected chi connectivity index (χ0v) is 18.4. The van der Waals surface area contributed by atoms with E-state index in [2.05, 4.69) is 6.58 Å². The molecule has 0 aliphatic carbocycles. The third-order valence-corrected chi connectivity index (χ3v) is 4.38. The van der Waals surface area contributed by atoms with Crippen LogP contribution in [-0.4, -0.2) is 46.4 Å². The van der Waals surface area contributed by atoms with E-state index in [1.807, 2.05) is 0 Å². The topological polar surface area (TPSA) is 90.0 Å². The first-order valence-corrected chi connectivity index (χ1v) is 9.75. The molecule has 0 atom stereocenters. The standard InChI is InChI=1S/C23H29NO6/c1-8-13-23(19(27)29-21(2,3)4,20(28)30-22(5,6)7)14-24-17(25)15-11-9-10-12-16(15)18(24)26/h8-12H,1,13-14H2,2-7H3. The van der Waals surface area contributed by atoms with E-state index in [1.165, 1.54) is 18.2 Å². The Bertz CT molecular complexity index is 825. The van der Waals surface area contributed by atoms with Gasteiger partial charge in [0, 0.05) is 0 Å². The van der Waals surface area contributed by atoms with Gasteiger partial charge in [-0.05, 0) is 60.1 Å². The molecule has 0 unspecified atom stereocenters. The van der Waals surface area contributed by atoms with Gasteiger partial charge in [-0.1, -0.05) is 18.2 Å². The molecule has 1 aromatic rings. The number of hydrogen-bond acceptors (Lipinski definition) is 6. The minimum atomic E-state index is -1.93. The van der Waals surface area contributed by atoms with Gasteiger partial charge in [0.15, 0.2) is 5.41 Å². The third kappa shape index (κ3) is 4.78. The van der Waals surface area contributed by atoms with Gasteiger partial charge in [0.1, 0.15) is 11.2 Å². The summed E-state index contributed by atoms with van der Waals surface area (Å²) < 4.78 is 11.0. The second-order valence-electron chi connectivity index (χ2n) is 9.32. The summed E-state index contributed by atoms with van der Waals surface area (Å²) >= 11 is 0. The number of ether oxygens (including phenoxy) is 2. The highest BCUT2D eigenvalue weighted by Crippen LogP contribution is 2.35. The van der Waals surface area contributed by atoms with Gasteiger partial charge in [-0.3, -0.25) is 24.1 Å². The van der Waals surface area contributed by atoms with Crippen molar-refractivity contribution in [2.45, 2.75) is 59.2 Å². The molecule has 0 fully saturated rings. The predicted octanol–water partition coefficient (Wildman–Crippen LogP) is 3.53. The highest BCUT2D eigenvalue weighted by Gasteiger charge is 2.54. The lowest BCUT2D eigenvalue weighted by atomic mass is 9.83. The maximum Gasteiger partial charge on any atom is 0.326 e. The second kappa shape index (κ2) is 8.05. The average molecular weight is 415 g/mol. The Hall–Kier alpha value is -2.96. The van der Waals surface area contributed by atoms with Crippen LogP contribution in [0.5, 0.6) is 0 Å². The van der Waals surface area contributed by atoms with Gasteiger partial charge in [0.05, 0.1) is 17.7 Å². The molecule has 0 saturated heterocycles. The summed E-state index contributed by atoms with van der Waals surface area (Å²) in [6.45, 7) is 13.2. The van der Waals surface area contributed by atoms with Crippen LogP contribution in [0.25, 0.3) is 0 Å². The van der Waals surface area contributed by atoms with Gasteiger partial charge in [0.2, 0.25) is 0 Å². The number of amides is 2. The zero-order valence-electron chi connectivity index (χ0n) is 18.4. The second-order valence-corrected chi connectivity index (χ2v) is 9.32. The molecule has 30 heavy (non-hydrogen) atoms. The van der Waals surface area contributed by atoms with E-state index in [4.69, 9.17) is 9.47 Å². The molecule has 0 spiro atoms.